The minimum absolute atomic E-state index is 0.0163. The second kappa shape index (κ2) is 9.37. The van der Waals surface area contributed by atoms with Gasteiger partial charge in [0.25, 0.3) is 5.91 Å². The van der Waals surface area contributed by atoms with E-state index in [4.69, 9.17) is 9.47 Å². The molecule has 0 aliphatic heterocycles. The number of hydrogen-bond acceptors (Lipinski definition) is 4. The van der Waals surface area contributed by atoms with Gasteiger partial charge in [-0.15, -0.1) is 0 Å². The molecule has 3 aromatic carbocycles. The Hall–Kier alpha value is -3.60. The zero-order chi connectivity index (χ0) is 19.8. The fourth-order valence-corrected chi connectivity index (χ4v) is 2.51. The molecule has 1 N–H and O–H groups in total. The van der Waals surface area contributed by atoms with Crippen LogP contribution in [0.5, 0.6) is 11.5 Å². The van der Waals surface area contributed by atoms with Crippen LogP contribution in [-0.4, -0.2) is 18.3 Å². The Morgan fingerprint density at radius 3 is 2.00 bits per heavy atom. The van der Waals surface area contributed by atoms with Gasteiger partial charge in [0.15, 0.2) is 12.4 Å². The fraction of sp³-hybridized carbons (Fsp3) is 0.130. The molecular formula is C23H21NO4. The summed E-state index contributed by atoms with van der Waals surface area (Å²) >= 11 is 0. The molecule has 0 aliphatic carbocycles. The monoisotopic (exact) mass is 375 g/mol. The van der Waals surface area contributed by atoms with Crippen molar-refractivity contribution in [2.24, 2.45) is 0 Å². The van der Waals surface area contributed by atoms with Crippen molar-refractivity contribution in [3.05, 3.63) is 90.0 Å². The Labute approximate surface area is 163 Å². The molecule has 142 valence electrons. The van der Waals surface area contributed by atoms with E-state index in [-0.39, 0.29) is 18.3 Å². The lowest BCUT2D eigenvalue weighted by molar-refractivity contribution is -0.118. The first-order valence-electron chi connectivity index (χ1n) is 8.90. The Bertz CT molecular complexity index is 919. The van der Waals surface area contributed by atoms with Crippen LogP contribution in [0.25, 0.3) is 0 Å². The number of amides is 1. The van der Waals surface area contributed by atoms with Crippen molar-refractivity contribution in [3.63, 3.8) is 0 Å². The summed E-state index contributed by atoms with van der Waals surface area (Å²) in [6, 6.07) is 23.8. The third kappa shape index (κ3) is 5.71. The number of rotatable bonds is 8. The highest BCUT2D eigenvalue weighted by molar-refractivity contribution is 5.95. The summed E-state index contributed by atoms with van der Waals surface area (Å²) in [4.78, 5) is 23.3. The molecule has 0 bridgehead atoms. The third-order valence-corrected chi connectivity index (χ3v) is 4.02. The molecule has 0 saturated carbocycles. The van der Waals surface area contributed by atoms with Gasteiger partial charge in [0.1, 0.15) is 18.1 Å². The lowest BCUT2D eigenvalue weighted by Crippen LogP contribution is -2.20. The minimum Gasteiger partial charge on any atom is -0.489 e. The van der Waals surface area contributed by atoms with E-state index >= 15 is 0 Å². The van der Waals surface area contributed by atoms with Crippen LogP contribution in [0, 0.1) is 0 Å². The van der Waals surface area contributed by atoms with Crippen LogP contribution in [0.3, 0.4) is 0 Å². The summed E-state index contributed by atoms with van der Waals surface area (Å²) in [7, 11) is 0. The van der Waals surface area contributed by atoms with E-state index in [9.17, 15) is 9.59 Å². The van der Waals surface area contributed by atoms with Crippen LogP contribution < -0.4 is 14.8 Å². The van der Waals surface area contributed by atoms with E-state index in [0.717, 1.165) is 11.3 Å². The van der Waals surface area contributed by atoms with Gasteiger partial charge in [-0.1, -0.05) is 30.3 Å². The Kier molecular flexibility index (Phi) is 6.41. The van der Waals surface area contributed by atoms with Crippen molar-refractivity contribution in [1.29, 1.82) is 0 Å². The lowest BCUT2D eigenvalue weighted by Gasteiger charge is -2.09. The number of carbonyl (C=O) groups is 2. The normalized spacial score (nSPS) is 10.2. The second-order valence-corrected chi connectivity index (χ2v) is 6.22. The maximum atomic E-state index is 12.0. The summed E-state index contributed by atoms with van der Waals surface area (Å²) in [6.07, 6.45) is 0. The summed E-state index contributed by atoms with van der Waals surface area (Å²) < 4.78 is 11.2. The highest BCUT2D eigenvalue weighted by Crippen LogP contribution is 2.19. The van der Waals surface area contributed by atoms with Gasteiger partial charge in [0.05, 0.1) is 0 Å². The first-order chi connectivity index (χ1) is 13.6. The predicted molar refractivity (Wildman–Crippen MR) is 108 cm³/mol. The highest BCUT2D eigenvalue weighted by atomic mass is 16.5. The molecular weight excluding hydrogens is 354 g/mol. The van der Waals surface area contributed by atoms with E-state index in [0.29, 0.717) is 23.6 Å². The summed E-state index contributed by atoms with van der Waals surface area (Å²) in [5, 5.41) is 2.73. The molecule has 0 aliphatic rings. The number of nitrogens with one attached hydrogen (secondary N) is 1. The van der Waals surface area contributed by atoms with Crippen LogP contribution in [0.15, 0.2) is 78.9 Å². The van der Waals surface area contributed by atoms with E-state index in [1.54, 1.807) is 48.5 Å². The van der Waals surface area contributed by atoms with Crippen molar-refractivity contribution in [1.82, 2.24) is 0 Å². The summed E-state index contributed by atoms with van der Waals surface area (Å²) in [5.74, 6) is 1.01. The largest absolute Gasteiger partial charge is 0.489 e. The topological polar surface area (TPSA) is 64.6 Å². The van der Waals surface area contributed by atoms with Crippen molar-refractivity contribution in [2.45, 2.75) is 13.5 Å². The van der Waals surface area contributed by atoms with Gasteiger partial charge in [0, 0.05) is 11.3 Å². The molecule has 0 atom stereocenters. The maximum absolute atomic E-state index is 12.0. The number of hydrogen-bond donors (Lipinski definition) is 1. The zero-order valence-electron chi connectivity index (χ0n) is 15.6. The third-order valence-electron chi connectivity index (χ3n) is 4.02. The summed E-state index contributed by atoms with van der Waals surface area (Å²) in [6.45, 7) is 1.88. The minimum atomic E-state index is -0.278. The molecule has 0 saturated heterocycles. The molecule has 5 heteroatoms. The van der Waals surface area contributed by atoms with Crippen LogP contribution in [0.2, 0.25) is 0 Å². The molecule has 0 aromatic heterocycles. The molecule has 0 fully saturated rings. The quantitative estimate of drug-likeness (QED) is 0.590. The Morgan fingerprint density at radius 1 is 0.786 bits per heavy atom. The van der Waals surface area contributed by atoms with E-state index in [2.05, 4.69) is 5.32 Å². The zero-order valence-corrected chi connectivity index (χ0v) is 15.6. The van der Waals surface area contributed by atoms with Crippen LogP contribution in [0.4, 0.5) is 5.69 Å². The molecule has 5 nitrogen and oxygen atoms in total. The van der Waals surface area contributed by atoms with Crippen molar-refractivity contribution >= 4 is 17.4 Å². The summed E-state index contributed by atoms with van der Waals surface area (Å²) in [5.41, 5.74) is 2.31. The SMILES string of the molecule is CC(=O)c1ccc(NC(=O)COc2ccc(OCc3ccccc3)cc2)cc1. The number of carbonyl (C=O) groups excluding carboxylic acids is 2. The van der Waals surface area contributed by atoms with Gasteiger partial charge in [-0.2, -0.15) is 0 Å². The van der Waals surface area contributed by atoms with Crippen molar-refractivity contribution in [2.75, 3.05) is 11.9 Å². The number of Topliss-reactive ketones (excluding diaryl/α,β-unsaturated/α-hetero) is 1. The van der Waals surface area contributed by atoms with Crippen LogP contribution in [-0.2, 0) is 11.4 Å². The number of ketones is 1. The Balaban J connectivity index is 1.45. The van der Waals surface area contributed by atoms with Gasteiger partial charge >= 0.3 is 0 Å². The number of ether oxygens (including phenoxy) is 2. The van der Waals surface area contributed by atoms with Gasteiger partial charge < -0.3 is 14.8 Å². The van der Waals surface area contributed by atoms with Crippen molar-refractivity contribution in [3.8, 4) is 11.5 Å². The number of benzene rings is 3. The molecule has 0 heterocycles. The van der Waals surface area contributed by atoms with Crippen LogP contribution >= 0.6 is 0 Å². The molecule has 0 unspecified atom stereocenters. The first-order valence-corrected chi connectivity index (χ1v) is 8.90. The average molecular weight is 375 g/mol. The van der Waals surface area contributed by atoms with Gasteiger partial charge in [-0.05, 0) is 61.0 Å². The molecule has 0 spiro atoms. The van der Waals surface area contributed by atoms with Crippen LogP contribution in [0.1, 0.15) is 22.8 Å². The van der Waals surface area contributed by atoms with Gasteiger partial charge in [0.2, 0.25) is 0 Å². The first kappa shape index (κ1) is 19.2. The second-order valence-electron chi connectivity index (χ2n) is 6.22. The van der Waals surface area contributed by atoms with Gasteiger partial charge in [-0.25, -0.2) is 0 Å². The number of anilines is 1. The molecule has 0 radical (unpaired) electrons. The molecule has 3 aromatic rings. The molecule has 1 amide bonds. The van der Waals surface area contributed by atoms with Crippen molar-refractivity contribution < 1.29 is 19.1 Å². The lowest BCUT2D eigenvalue weighted by atomic mass is 10.1. The maximum Gasteiger partial charge on any atom is 0.262 e. The standard InChI is InChI=1S/C23H21NO4/c1-17(25)19-7-9-20(10-8-19)24-23(26)16-28-22-13-11-21(12-14-22)27-15-18-5-3-2-4-6-18/h2-14H,15-16H2,1H3,(H,24,26). The van der Waals surface area contributed by atoms with E-state index in [1.165, 1.54) is 6.92 Å². The van der Waals surface area contributed by atoms with E-state index < -0.39 is 0 Å². The molecule has 28 heavy (non-hydrogen) atoms. The average Bonchev–Trinajstić information content (AvgIpc) is 2.72. The fourth-order valence-electron chi connectivity index (χ4n) is 2.51. The van der Waals surface area contributed by atoms with Gasteiger partial charge in [-0.3, -0.25) is 9.59 Å². The Morgan fingerprint density at radius 2 is 1.39 bits per heavy atom. The van der Waals surface area contributed by atoms with E-state index in [1.807, 2.05) is 30.3 Å². The molecule has 3 rings (SSSR count). The smallest absolute Gasteiger partial charge is 0.262 e. The highest BCUT2D eigenvalue weighted by Gasteiger charge is 2.05. The predicted octanol–water partition coefficient (Wildman–Crippen LogP) is 4.49.